The number of pyridine rings is 1. The molecule has 1 aromatic heterocycles. The fourth-order valence-electron chi connectivity index (χ4n) is 4.44. The van der Waals surface area contributed by atoms with E-state index in [9.17, 15) is 13.6 Å². The Kier molecular flexibility index (Phi) is 5.81. The molecule has 1 amide bonds. The van der Waals surface area contributed by atoms with Gasteiger partial charge in [0.25, 0.3) is 11.8 Å². The fraction of sp³-hybridized carbons (Fsp3) is 0.308. The van der Waals surface area contributed by atoms with Gasteiger partial charge in [0, 0.05) is 55.2 Å². The minimum Gasteiger partial charge on any atom is -0.371 e. The number of carbonyl (C=O) groups excluding carboxylic acids is 1. The molecule has 1 saturated heterocycles. The smallest absolute Gasteiger partial charge is 0.254 e. The second-order valence-electron chi connectivity index (χ2n) is 8.87. The van der Waals surface area contributed by atoms with Crippen LogP contribution in [0.3, 0.4) is 0 Å². The zero-order valence-corrected chi connectivity index (χ0v) is 18.8. The van der Waals surface area contributed by atoms with Gasteiger partial charge in [-0.1, -0.05) is 18.2 Å². The summed E-state index contributed by atoms with van der Waals surface area (Å²) in [6.07, 6.45) is 3.49. The third kappa shape index (κ3) is 4.66. The first kappa shape index (κ1) is 22.1. The highest BCUT2D eigenvalue weighted by Crippen LogP contribution is 2.41. The predicted molar refractivity (Wildman–Crippen MR) is 130 cm³/mol. The molecule has 3 aromatic rings. The van der Waals surface area contributed by atoms with Crippen molar-refractivity contribution < 1.29 is 13.6 Å². The van der Waals surface area contributed by atoms with Gasteiger partial charge in [0.1, 0.15) is 11.4 Å². The van der Waals surface area contributed by atoms with Gasteiger partial charge < -0.3 is 20.9 Å². The van der Waals surface area contributed by atoms with E-state index in [-0.39, 0.29) is 12.8 Å². The van der Waals surface area contributed by atoms with E-state index in [1.165, 1.54) is 0 Å². The van der Waals surface area contributed by atoms with Gasteiger partial charge in [0.15, 0.2) is 0 Å². The number of carbonyl (C=O) groups is 1. The van der Waals surface area contributed by atoms with E-state index in [2.05, 4.69) is 15.2 Å². The summed E-state index contributed by atoms with van der Waals surface area (Å²) in [6, 6.07) is 19.6. The number of piperidine rings is 1. The molecule has 176 valence electrons. The summed E-state index contributed by atoms with van der Waals surface area (Å²) in [5, 5.41) is 3.23. The Labute approximate surface area is 197 Å². The number of amides is 1. The minimum absolute atomic E-state index is 0.134. The molecule has 2 aliphatic rings. The normalized spacial score (nSPS) is 17.3. The number of para-hydroxylation sites is 1. The number of nitrogens with one attached hydrogen (secondary N) is 1. The van der Waals surface area contributed by atoms with Gasteiger partial charge in [0.05, 0.1) is 5.69 Å². The van der Waals surface area contributed by atoms with Gasteiger partial charge in [-0.2, -0.15) is 0 Å². The first-order valence-electron chi connectivity index (χ1n) is 11.5. The lowest BCUT2D eigenvalue weighted by Gasteiger charge is -2.33. The van der Waals surface area contributed by atoms with Gasteiger partial charge in [-0.05, 0) is 55.3 Å². The van der Waals surface area contributed by atoms with Crippen LogP contribution in [0.15, 0.2) is 66.9 Å². The van der Waals surface area contributed by atoms with Crippen molar-refractivity contribution in [3.8, 4) is 0 Å². The molecule has 6 nitrogen and oxygen atoms in total. The van der Waals surface area contributed by atoms with Crippen LogP contribution in [0.5, 0.6) is 0 Å². The van der Waals surface area contributed by atoms with Crippen LogP contribution in [0.4, 0.5) is 37.3 Å². The molecule has 0 bridgehead atoms. The maximum absolute atomic E-state index is 13.5. The summed E-state index contributed by atoms with van der Waals surface area (Å²) >= 11 is 0. The number of benzene rings is 2. The summed E-state index contributed by atoms with van der Waals surface area (Å²) in [4.78, 5) is 21.1. The van der Waals surface area contributed by atoms with Crippen molar-refractivity contribution in [1.29, 1.82) is 0 Å². The first-order valence-corrected chi connectivity index (χ1v) is 11.5. The van der Waals surface area contributed by atoms with Gasteiger partial charge in [0.2, 0.25) is 0 Å². The van der Waals surface area contributed by atoms with Crippen LogP contribution in [0.1, 0.15) is 36.0 Å². The van der Waals surface area contributed by atoms with E-state index < -0.39 is 11.8 Å². The van der Waals surface area contributed by atoms with Crippen molar-refractivity contribution in [2.45, 2.75) is 37.6 Å². The topological polar surface area (TPSA) is 74.5 Å². The molecule has 0 unspecified atom stereocenters. The van der Waals surface area contributed by atoms with E-state index in [4.69, 9.17) is 5.73 Å². The Bertz CT molecular complexity index is 1160. The van der Waals surface area contributed by atoms with Crippen molar-refractivity contribution >= 4 is 34.5 Å². The van der Waals surface area contributed by atoms with Crippen LogP contribution < -0.4 is 20.9 Å². The number of primary amides is 1. The third-order valence-electron chi connectivity index (χ3n) is 6.37. The van der Waals surface area contributed by atoms with Crippen LogP contribution in [-0.2, 0) is 0 Å². The number of halogens is 2. The van der Waals surface area contributed by atoms with Crippen molar-refractivity contribution in [1.82, 2.24) is 4.98 Å². The number of hydrogen-bond donors (Lipinski definition) is 2. The van der Waals surface area contributed by atoms with E-state index in [0.29, 0.717) is 30.5 Å². The molecule has 0 atom stereocenters. The monoisotopic (exact) mass is 463 g/mol. The number of anilines is 5. The number of alkyl halides is 2. The standard InChI is InChI=1S/C26H27F2N5O/c27-26(28)13-16-32(17-14-26)19-8-6-18(7-9-19)31-25-23(24(29)34)22(12-15-30-25)33(21-10-11-21)20-4-2-1-3-5-20/h1-9,12,15,21H,10-11,13-14,16-17H2,(H2,29,34)(H,30,31). The number of nitrogens with two attached hydrogens (primary N) is 1. The molecular weight excluding hydrogens is 436 g/mol. The molecular formula is C26H27F2N5O. The SMILES string of the molecule is NC(=O)c1c(N(c2ccccc2)C2CC2)ccnc1Nc1ccc(N2CCC(F)(F)CC2)cc1. The first-order chi connectivity index (χ1) is 16.4. The van der Waals surface area contributed by atoms with Gasteiger partial charge in [-0.25, -0.2) is 13.8 Å². The Morgan fingerprint density at radius 2 is 1.71 bits per heavy atom. The van der Waals surface area contributed by atoms with Crippen molar-refractivity contribution in [3.05, 3.63) is 72.4 Å². The second-order valence-corrected chi connectivity index (χ2v) is 8.87. The lowest BCUT2D eigenvalue weighted by atomic mass is 10.1. The zero-order valence-electron chi connectivity index (χ0n) is 18.8. The number of hydrogen-bond acceptors (Lipinski definition) is 5. The largest absolute Gasteiger partial charge is 0.371 e. The van der Waals surface area contributed by atoms with E-state index in [1.54, 1.807) is 6.20 Å². The molecule has 1 saturated carbocycles. The van der Waals surface area contributed by atoms with Crippen molar-refractivity contribution in [3.63, 3.8) is 0 Å². The van der Waals surface area contributed by atoms with Crippen LogP contribution >= 0.6 is 0 Å². The Morgan fingerprint density at radius 3 is 2.32 bits per heavy atom. The zero-order chi connectivity index (χ0) is 23.7. The highest BCUT2D eigenvalue weighted by atomic mass is 19.3. The molecule has 2 heterocycles. The summed E-state index contributed by atoms with van der Waals surface area (Å²) in [6.45, 7) is 0.650. The third-order valence-corrected chi connectivity index (χ3v) is 6.37. The quantitative estimate of drug-likeness (QED) is 0.487. The fourth-order valence-corrected chi connectivity index (χ4v) is 4.44. The maximum atomic E-state index is 13.5. The number of rotatable bonds is 7. The maximum Gasteiger partial charge on any atom is 0.254 e. The van der Waals surface area contributed by atoms with Crippen LogP contribution in [-0.4, -0.2) is 35.9 Å². The minimum atomic E-state index is -2.58. The number of nitrogens with zero attached hydrogens (tertiary/aromatic N) is 3. The molecule has 0 radical (unpaired) electrons. The second kappa shape index (κ2) is 8.93. The average molecular weight is 464 g/mol. The molecule has 2 aromatic carbocycles. The van der Waals surface area contributed by atoms with Crippen LogP contribution in [0.2, 0.25) is 0 Å². The highest BCUT2D eigenvalue weighted by Gasteiger charge is 2.35. The molecule has 8 heteroatoms. The van der Waals surface area contributed by atoms with Crippen LogP contribution in [0.25, 0.3) is 0 Å². The van der Waals surface area contributed by atoms with Crippen molar-refractivity contribution in [2.75, 3.05) is 28.2 Å². The molecule has 1 aliphatic carbocycles. The summed E-state index contributed by atoms with van der Waals surface area (Å²) in [5.74, 6) is -2.75. The Morgan fingerprint density at radius 1 is 1.03 bits per heavy atom. The predicted octanol–water partition coefficient (Wildman–Crippen LogP) is 5.46. The van der Waals surface area contributed by atoms with E-state index in [1.807, 2.05) is 65.6 Å². The number of aromatic nitrogens is 1. The Hall–Kier alpha value is -3.68. The van der Waals surface area contributed by atoms with E-state index >= 15 is 0 Å². The van der Waals surface area contributed by atoms with Crippen molar-refractivity contribution in [2.24, 2.45) is 5.73 Å². The molecule has 5 rings (SSSR count). The summed E-state index contributed by atoms with van der Waals surface area (Å²) < 4.78 is 26.9. The average Bonchev–Trinajstić information content (AvgIpc) is 3.66. The molecule has 1 aliphatic heterocycles. The van der Waals surface area contributed by atoms with Gasteiger partial charge in [-0.15, -0.1) is 0 Å². The molecule has 2 fully saturated rings. The van der Waals surface area contributed by atoms with Crippen LogP contribution in [0, 0.1) is 0 Å². The summed E-state index contributed by atoms with van der Waals surface area (Å²) in [5.41, 5.74) is 9.52. The highest BCUT2D eigenvalue weighted by molar-refractivity contribution is 6.04. The Balaban J connectivity index is 1.41. The lowest BCUT2D eigenvalue weighted by Crippen LogP contribution is -2.39. The summed E-state index contributed by atoms with van der Waals surface area (Å²) in [7, 11) is 0. The molecule has 3 N–H and O–H groups in total. The van der Waals surface area contributed by atoms with Gasteiger partial charge in [-0.3, -0.25) is 4.79 Å². The van der Waals surface area contributed by atoms with Gasteiger partial charge >= 0.3 is 0 Å². The van der Waals surface area contributed by atoms with E-state index in [0.717, 1.165) is 35.6 Å². The molecule has 34 heavy (non-hydrogen) atoms. The molecule has 0 spiro atoms. The lowest BCUT2D eigenvalue weighted by molar-refractivity contribution is -0.0220.